The SMILES string of the molecule is COc1ccc(-c2csc(NC(=O)c3cccnc3Cl)n2)cc1Br. The zero-order valence-corrected chi connectivity index (χ0v) is 15.6. The molecule has 24 heavy (non-hydrogen) atoms. The van der Waals surface area contributed by atoms with Gasteiger partial charge in [-0.25, -0.2) is 9.97 Å². The lowest BCUT2D eigenvalue weighted by Gasteiger charge is -2.04. The highest BCUT2D eigenvalue weighted by Crippen LogP contribution is 2.32. The fraction of sp³-hybridized carbons (Fsp3) is 0.0625. The number of nitrogens with zero attached hydrogens (tertiary/aromatic N) is 2. The molecule has 0 bridgehead atoms. The van der Waals surface area contributed by atoms with Gasteiger partial charge >= 0.3 is 0 Å². The van der Waals surface area contributed by atoms with Gasteiger partial charge in [0.15, 0.2) is 5.13 Å². The van der Waals surface area contributed by atoms with E-state index in [2.05, 4.69) is 31.2 Å². The predicted octanol–water partition coefficient (Wildman–Crippen LogP) is 4.88. The van der Waals surface area contributed by atoms with E-state index in [1.54, 1.807) is 19.2 Å². The van der Waals surface area contributed by atoms with Crippen LogP contribution in [-0.2, 0) is 0 Å². The van der Waals surface area contributed by atoms with Crippen molar-refractivity contribution in [3.05, 3.63) is 57.1 Å². The molecule has 0 saturated heterocycles. The first-order valence-electron chi connectivity index (χ1n) is 6.80. The van der Waals surface area contributed by atoms with Crippen LogP contribution in [0.5, 0.6) is 5.75 Å². The maximum Gasteiger partial charge on any atom is 0.260 e. The number of pyridine rings is 1. The van der Waals surface area contributed by atoms with Crippen molar-refractivity contribution in [2.24, 2.45) is 0 Å². The number of nitrogens with one attached hydrogen (secondary N) is 1. The summed E-state index contributed by atoms with van der Waals surface area (Å²) in [4.78, 5) is 20.6. The van der Waals surface area contributed by atoms with Gasteiger partial charge in [-0.3, -0.25) is 10.1 Å². The van der Waals surface area contributed by atoms with Crippen LogP contribution in [0.2, 0.25) is 5.15 Å². The van der Waals surface area contributed by atoms with Crippen molar-refractivity contribution in [2.45, 2.75) is 0 Å². The lowest BCUT2D eigenvalue weighted by atomic mass is 10.2. The number of ether oxygens (including phenoxy) is 1. The van der Waals surface area contributed by atoms with Crippen LogP contribution in [-0.4, -0.2) is 23.0 Å². The molecule has 0 unspecified atom stereocenters. The van der Waals surface area contributed by atoms with Gasteiger partial charge < -0.3 is 4.74 Å². The van der Waals surface area contributed by atoms with Crippen molar-refractivity contribution in [1.29, 1.82) is 0 Å². The van der Waals surface area contributed by atoms with Crippen molar-refractivity contribution < 1.29 is 9.53 Å². The molecule has 0 aliphatic heterocycles. The standard InChI is InChI=1S/C16H11BrClN3O2S/c1-23-13-5-4-9(7-11(13)17)12-8-24-16(20-12)21-15(22)10-3-2-6-19-14(10)18/h2-8H,1H3,(H,20,21,22). The Balaban J connectivity index is 1.80. The summed E-state index contributed by atoms with van der Waals surface area (Å²) in [6, 6.07) is 8.94. The Morgan fingerprint density at radius 3 is 2.92 bits per heavy atom. The fourth-order valence-corrected chi connectivity index (χ4v) is 3.47. The first kappa shape index (κ1) is 16.9. The smallest absolute Gasteiger partial charge is 0.260 e. The van der Waals surface area contributed by atoms with E-state index in [0.29, 0.717) is 10.7 Å². The topological polar surface area (TPSA) is 64.1 Å². The van der Waals surface area contributed by atoms with E-state index < -0.39 is 0 Å². The molecule has 122 valence electrons. The molecular formula is C16H11BrClN3O2S. The van der Waals surface area contributed by atoms with Crippen molar-refractivity contribution in [3.8, 4) is 17.0 Å². The van der Waals surface area contributed by atoms with Crippen LogP contribution in [0.15, 0.2) is 46.4 Å². The summed E-state index contributed by atoms with van der Waals surface area (Å²) in [6.45, 7) is 0. The summed E-state index contributed by atoms with van der Waals surface area (Å²) < 4.78 is 6.05. The highest BCUT2D eigenvalue weighted by Gasteiger charge is 2.14. The number of amides is 1. The lowest BCUT2D eigenvalue weighted by molar-refractivity contribution is 0.102. The van der Waals surface area contributed by atoms with Gasteiger partial charge in [0.1, 0.15) is 10.9 Å². The van der Waals surface area contributed by atoms with Crippen molar-refractivity contribution >= 4 is 49.9 Å². The normalized spacial score (nSPS) is 10.5. The van der Waals surface area contributed by atoms with E-state index in [9.17, 15) is 4.79 Å². The quantitative estimate of drug-likeness (QED) is 0.606. The van der Waals surface area contributed by atoms with E-state index in [-0.39, 0.29) is 11.1 Å². The van der Waals surface area contributed by atoms with Crippen LogP contribution in [0.1, 0.15) is 10.4 Å². The number of halogens is 2. The van der Waals surface area contributed by atoms with Gasteiger partial charge in [-0.1, -0.05) is 11.6 Å². The number of carbonyl (C=O) groups excluding carboxylic acids is 1. The van der Waals surface area contributed by atoms with Crippen molar-refractivity contribution in [2.75, 3.05) is 12.4 Å². The van der Waals surface area contributed by atoms with E-state index in [1.807, 2.05) is 23.6 Å². The fourth-order valence-electron chi connectivity index (χ4n) is 2.01. The average molecular weight is 425 g/mol. The van der Waals surface area contributed by atoms with E-state index >= 15 is 0 Å². The Labute approximate surface area is 155 Å². The molecule has 0 aliphatic rings. The van der Waals surface area contributed by atoms with Gasteiger partial charge in [0.2, 0.25) is 0 Å². The second-order valence-electron chi connectivity index (χ2n) is 4.68. The molecule has 2 heterocycles. The van der Waals surface area contributed by atoms with Crippen LogP contribution < -0.4 is 10.1 Å². The zero-order chi connectivity index (χ0) is 17.1. The summed E-state index contributed by atoms with van der Waals surface area (Å²) in [5.41, 5.74) is 1.98. The molecular weight excluding hydrogens is 414 g/mol. The first-order valence-corrected chi connectivity index (χ1v) is 8.85. The number of hydrogen-bond donors (Lipinski definition) is 1. The number of hydrogen-bond acceptors (Lipinski definition) is 5. The summed E-state index contributed by atoms with van der Waals surface area (Å²) in [5.74, 6) is 0.402. The molecule has 0 fully saturated rings. The molecule has 0 radical (unpaired) electrons. The summed E-state index contributed by atoms with van der Waals surface area (Å²) >= 11 is 10.7. The summed E-state index contributed by atoms with van der Waals surface area (Å²) in [6.07, 6.45) is 1.53. The van der Waals surface area contributed by atoms with Crippen molar-refractivity contribution in [1.82, 2.24) is 9.97 Å². The lowest BCUT2D eigenvalue weighted by Crippen LogP contribution is -2.12. The van der Waals surface area contributed by atoms with Gasteiger partial charge in [-0.2, -0.15) is 0 Å². The molecule has 0 spiro atoms. The van der Waals surface area contributed by atoms with Crippen LogP contribution in [0.3, 0.4) is 0 Å². The number of benzene rings is 1. The van der Waals surface area contributed by atoms with Gasteiger partial charge in [-0.05, 0) is 46.3 Å². The average Bonchev–Trinajstić information content (AvgIpc) is 3.03. The highest BCUT2D eigenvalue weighted by molar-refractivity contribution is 9.10. The molecule has 2 aromatic heterocycles. The molecule has 1 amide bonds. The molecule has 0 aliphatic carbocycles. The minimum atomic E-state index is -0.343. The molecule has 3 aromatic rings. The Bertz CT molecular complexity index is 901. The van der Waals surface area contributed by atoms with Crippen LogP contribution in [0, 0.1) is 0 Å². The Hall–Kier alpha value is -1.96. The maximum absolute atomic E-state index is 12.2. The van der Waals surface area contributed by atoms with Crippen molar-refractivity contribution in [3.63, 3.8) is 0 Å². The van der Waals surface area contributed by atoms with Crippen LogP contribution in [0.25, 0.3) is 11.3 Å². The second kappa shape index (κ2) is 7.29. The number of methoxy groups -OCH3 is 1. The minimum absolute atomic E-state index is 0.158. The zero-order valence-electron chi connectivity index (χ0n) is 12.4. The third-order valence-corrected chi connectivity index (χ3v) is 4.85. The maximum atomic E-state index is 12.2. The summed E-state index contributed by atoms with van der Waals surface area (Å²) in [5, 5.41) is 5.25. The number of anilines is 1. The van der Waals surface area contributed by atoms with Gasteiger partial charge in [0, 0.05) is 17.1 Å². The Morgan fingerprint density at radius 1 is 1.38 bits per heavy atom. The number of thiazole rings is 1. The monoisotopic (exact) mass is 423 g/mol. The first-order chi connectivity index (χ1) is 11.6. The minimum Gasteiger partial charge on any atom is -0.496 e. The molecule has 1 N–H and O–H groups in total. The Morgan fingerprint density at radius 2 is 2.21 bits per heavy atom. The number of carbonyl (C=O) groups is 1. The number of rotatable bonds is 4. The molecule has 0 saturated carbocycles. The predicted molar refractivity (Wildman–Crippen MR) is 99.0 cm³/mol. The van der Waals surface area contributed by atoms with Gasteiger partial charge in [0.25, 0.3) is 5.91 Å². The largest absolute Gasteiger partial charge is 0.496 e. The van der Waals surface area contributed by atoms with Gasteiger partial charge in [-0.15, -0.1) is 11.3 Å². The molecule has 0 atom stereocenters. The molecule has 3 rings (SSSR count). The second-order valence-corrected chi connectivity index (χ2v) is 6.75. The third kappa shape index (κ3) is 3.58. The summed E-state index contributed by atoms with van der Waals surface area (Å²) in [7, 11) is 1.61. The van der Waals surface area contributed by atoms with E-state index in [4.69, 9.17) is 16.3 Å². The third-order valence-electron chi connectivity index (χ3n) is 3.18. The van der Waals surface area contributed by atoms with Crippen LogP contribution in [0.4, 0.5) is 5.13 Å². The molecule has 8 heteroatoms. The van der Waals surface area contributed by atoms with Crippen LogP contribution >= 0.6 is 38.9 Å². The van der Waals surface area contributed by atoms with Gasteiger partial charge in [0.05, 0.1) is 22.8 Å². The van der Waals surface area contributed by atoms with E-state index in [0.717, 1.165) is 21.5 Å². The highest BCUT2D eigenvalue weighted by atomic mass is 79.9. The van der Waals surface area contributed by atoms with E-state index in [1.165, 1.54) is 17.5 Å². The molecule has 5 nitrogen and oxygen atoms in total. The molecule has 1 aromatic carbocycles. The Kier molecular flexibility index (Phi) is 5.13. The number of aromatic nitrogens is 2.